The Balaban J connectivity index is 1.30. The van der Waals surface area contributed by atoms with Crippen LogP contribution in [-0.4, -0.2) is 23.6 Å². The zero-order valence-corrected chi connectivity index (χ0v) is 25.5. The lowest BCUT2D eigenvalue weighted by molar-refractivity contribution is -0.129. The van der Waals surface area contributed by atoms with Crippen molar-refractivity contribution in [3.63, 3.8) is 0 Å². The number of carbonyl (C=O) groups excluding carboxylic acids is 4. The van der Waals surface area contributed by atoms with Gasteiger partial charge >= 0.3 is 0 Å². The van der Waals surface area contributed by atoms with Crippen molar-refractivity contribution in [1.82, 2.24) is 0 Å². The Morgan fingerprint density at radius 2 is 1.18 bits per heavy atom. The molecule has 3 fully saturated rings. The number of rotatable bonds is 3. The molecule has 1 saturated carbocycles. The molecule has 0 aromatic heterocycles. The van der Waals surface area contributed by atoms with E-state index in [-0.39, 0.29) is 29.5 Å². The highest BCUT2D eigenvalue weighted by Gasteiger charge is 2.67. The molecule has 8 heteroatoms. The molecule has 220 valence electrons. The molecule has 4 amide bonds. The maximum atomic E-state index is 14.4. The third-order valence-corrected chi connectivity index (χ3v) is 11.4. The number of hydrogen-bond donors (Lipinski definition) is 0. The van der Waals surface area contributed by atoms with E-state index >= 15 is 0 Å². The fourth-order valence-electron chi connectivity index (χ4n) is 8.67. The summed E-state index contributed by atoms with van der Waals surface area (Å²) in [6.07, 6.45) is 4.46. The lowest BCUT2D eigenvalue weighted by Gasteiger charge is -2.51. The van der Waals surface area contributed by atoms with Crippen LogP contribution in [0.25, 0.3) is 5.57 Å². The van der Waals surface area contributed by atoms with E-state index in [1.165, 1.54) is 9.80 Å². The molecule has 44 heavy (non-hydrogen) atoms. The highest BCUT2D eigenvalue weighted by Crippen LogP contribution is 2.63. The van der Waals surface area contributed by atoms with E-state index in [0.29, 0.717) is 39.0 Å². The topological polar surface area (TPSA) is 74.8 Å². The van der Waals surface area contributed by atoms with Crippen LogP contribution >= 0.6 is 23.2 Å². The van der Waals surface area contributed by atoms with E-state index < -0.39 is 35.5 Å². The summed E-state index contributed by atoms with van der Waals surface area (Å²) >= 11 is 12.9. The van der Waals surface area contributed by atoms with Crippen LogP contribution in [0.2, 0.25) is 10.0 Å². The van der Waals surface area contributed by atoms with Gasteiger partial charge in [-0.3, -0.25) is 19.2 Å². The summed E-state index contributed by atoms with van der Waals surface area (Å²) in [6, 6.07) is 20.4. The van der Waals surface area contributed by atoms with Crippen molar-refractivity contribution in [2.24, 2.45) is 41.4 Å². The van der Waals surface area contributed by atoms with E-state index in [2.05, 4.69) is 6.08 Å². The van der Waals surface area contributed by atoms with Gasteiger partial charge in [0, 0.05) is 21.9 Å². The van der Waals surface area contributed by atoms with Gasteiger partial charge in [0.15, 0.2) is 0 Å². The second-order valence-corrected chi connectivity index (χ2v) is 13.3. The average Bonchev–Trinajstić information content (AvgIpc) is 3.45. The Hall–Kier alpha value is -4.00. The van der Waals surface area contributed by atoms with E-state index in [1.54, 1.807) is 36.4 Å². The van der Waals surface area contributed by atoms with Crippen molar-refractivity contribution in [1.29, 1.82) is 0 Å². The number of imide groups is 2. The SMILES string of the molecule is Cc1c(Cl)cccc1N1C(=O)C2CC(c3ccccc3)=C3C4C=CC(C5C(=O)N(c6cccc(Cl)c6C)C(=O)C45)C3C2C1=O. The van der Waals surface area contributed by atoms with Crippen molar-refractivity contribution >= 4 is 63.8 Å². The lowest BCUT2D eigenvalue weighted by Crippen LogP contribution is -2.51. The Labute approximate surface area is 264 Å². The van der Waals surface area contributed by atoms with E-state index in [9.17, 15) is 19.2 Å². The van der Waals surface area contributed by atoms with Crippen LogP contribution in [0, 0.1) is 55.3 Å². The van der Waals surface area contributed by atoms with Crippen LogP contribution in [0.15, 0.2) is 84.5 Å². The summed E-state index contributed by atoms with van der Waals surface area (Å²) in [4.78, 5) is 59.8. The Kier molecular flexibility index (Phi) is 6.10. The van der Waals surface area contributed by atoms with Gasteiger partial charge in [0.25, 0.3) is 0 Å². The van der Waals surface area contributed by atoms with Gasteiger partial charge in [-0.1, -0.05) is 83.4 Å². The number of benzene rings is 3. The minimum atomic E-state index is -0.647. The first-order chi connectivity index (χ1) is 21.2. The zero-order valence-electron chi connectivity index (χ0n) is 24.0. The smallest absolute Gasteiger partial charge is 0.238 e. The molecule has 2 aliphatic heterocycles. The lowest BCUT2D eigenvalue weighted by atomic mass is 9.49. The number of fused-ring (bicyclic) bond motifs is 1. The first kappa shape index (κ1) is 27.5. The molecule has 2 heterocycles. The molecular weight excluding hydrogens is 595 g/mol. The van der Waals surface area contributed by atoms with Crippen LogP contribution in [0.3, 0.4) is 0 Å². The van der Waals surface area contributed by atoms with Crippen LogP contribution in [-0.2, 0) is 19.2 Å². The van der Waals surface area contributed by atoms with Crippen LogP contribution in [0.1, 0.15) is 23.1 Å². The Morgan fingerprint density at radius 1 is 0.614 bits per heavy atom. The maximum absolute atomic E-state index is 14.4. The van der Waals surface area contributed by atoms with Gasteiger partial charge in [0.05, 0.1) is 35.0 Å². The number of amides is 4. The van der Waals surface area contributed by atoms with Gasteiger partial charge in [-0.25, -0.2) is 9.80 Å². The first-order valence-corrected chi connectivity index (χ1v) is 15.7. The second kappa shape index (κ2) is 9.75. The number of hydrogen-bond acceptors (Lipinski definition) is 4. The van der Waals surface area contributed by atoms with Gasteiger partial charge in [0.1, 0.15) is 0 Å². The third kappa shape index (κ3) is 3.55. The Bertz CT molecular complexity index is 1880. The monoisotopic (exact) mass is 622 g/mol. The van der Waals surface area contributed by atoms with Crippen molar-refractivity contribution in [3.8, 4) is 0 Å². The highest BCUT2D eigenvalue weighted by atomic mass is 35.5. The highest BCUT2D eigenvalue weighted by molar-refractivity contribution is 6.33. The van der Waals surface area contributed by atoms with Gasteiger partial charge in [0.2, 0.25) is 23.6 Å². The molecule has 0 N–H and O–H groups in total. The molecule has 9 rings (SSSR count). The summed E-state index contributed by atoms with van der Waals surface area (Å²) in [7, 11) is 0. The largest absolute Gasteiger partial charge is 0.274 e. The molecule has 4 aliphatic carbocycles. The molecule has 2 bridgehead atoms. The fraction of sp³-hybridized carbons (Fsp3) is 0.278. The summed E-state index contributed by atoms with van der Waals surface area (Å²) in [6.45, 7) is 3.62. The molecule has 7 unspecified atom stereocenters. The molecule has 6 aliphatic rings. The molecule has 0 radical (unpaired) electrons. The molecular formula is C36H28Cl2N2O4. The van der Waals surface area contributed by atoms with E-state index in [4.69, 9.17) is 23.2 Å². The van der Waals surface area contributed by atoms with Crippen molar-refractivity contribution in [2.45, 2.75) is 20.3 Å². The molecule has 3 aromatic carbocycles. The summed E-state index contributed by atoms with van der Waals surface area (Å²) in [5.41, 5.74) is 5.31. The van der Waals surface area contributed by atoms with Crippen molar-refractivity contribution in [3.05, 3.63) is 111 Å². The third-order valence-electron chi connectivity index (χ3n) is 10.6. The molecule has 3 aromatic rings. The number of allylic oxidation sites excluding steroid dienone is 4. The number of nitrogens with zero attached hydrogens (tertiary/aromatic N) is 2. The summed E-state index contributed by atoms with van der Waals surface area (Å²) in [5.74, 6) is -4.65. The van der Waals surface area contributed by atoms with Crippen LogP contribution in [0.5, 0.6) is 0 Å². The van der Waals surface area contributed by atoms with Crippen molar-refractivity contribution in [2.75, 3.05) is 9.80 Å². The summed E-state index contributed by atoms with van der Waals surface area (Å²) < 4.78 is 0. The molecule has 7 atom stereocenters. The van der Waals surface area contributed by atoms with Gasteiger partial charge in [-0.15, -0.1) is 0 Å². The van der Waals surface area contributed by atoms with Gasteiger partial charge < -0.3 is 0 Å². The standard InChI is InChI=1S/C36H28Cl2N2O4/c1-17-24(37)10-6-12-26(17)39-33(41)23-16-22(19-8-4-3-5-9-19)28-20-14-15-21(29(28)32(23)36(39)44)31-30(20)34(42)40(35(31)43)27-13-7-11-25(38)18(27)2/h3-15,20-21,23,29-32H,16H2,1-2H3. The van der Waals surface area contributed by atoms with E-state index in [1.807, 2.05) is 50.3 Å². The maximum Gasteiger partial charge on any atom is 0.238 e. The fourth-order valence-corrected chi connectivity index (χ4v) is 9.01. The van der Waals surface area contributed by atoms with Gasteiger partial charge in [-0.05, 0) is 72.7 Å². The van der Waals surface area contributed by atoms with E-state index in [0.717, 1.165) is 16.7 Å². The molecule has 2 saturated heterocycles. The predicted molar refractivity (Wildman–Crippen MR) is 169 cm³/mol. The van der Waals surface area contributed by atoms with Gasteiger partial charge in [-0.2, -0.15) is 0 Å². The van der Waals surface area contributed by atoms with Crippen LogP contribution < -0.4 is 9.80 Å². The van der Waals surface area contributed by atoms with Crippen LogP contribution in [0.4, 0.5) is 11.4 Å². The minimum absolute atomic E-state index is 0.241. The predicted octanol–water partition coefficient (Wildman–Crippen LogP) is 6.81. The first-order valence-electron chi connectivity index (χ1n) is 14.9. The number of carbonyl (C=O) groups is 4. The number of halogens is 2. The van der Waals surface area contributed by atoms with Crippen molar-refractivity contribution < 1.29 is 19.2 Å². The number of anilines is 2. The quantitative estimate of drug-likeness (QED) is 0.237. The minimum Gasteiger partial charge on any atom is -0.274 e. The summed E-state index contributed by atoms with van der Waals surface area (Å²) in [5, 5.41) is 0.965. The second-order valence-electron chi connectivity index (χ2n) is 12.5. The molecule has 6 nitrogen and oxygen atoms in total. The Morgan fingerprint density at radius 3 is 1.82 bits per heavy atom. The normalized spacial score (nSPS) is 30.3. The zero-order chi connectivity index (χ0) is 30.6. The molecule has 0 spiro atoms. The average molecular weight is 624 g/mol.